The van der Waals surface area contributed by atoms with E-state index in [0.29, 0.717) is 5.15 Å². The van der Waals surface area contributed by atoms with E-state index >= 15 is 0 Å². The van der Waals surface area contributed by atoms with Gasteiger partial charge in [-0.2, -0.15) is 0 Å². The number of anilines is 2. The van der Waals surface area contributed by atoms with Crippen molar-refractivity contribution in [3.63, 3.8) is 0 Å². The van der Waals surface area contributed by atoms with Gasteiger partial charge in [-0.3, -0.25) is 9.13 Å². The number of benzene rings is 1. The van der Waals surface area contributed by atoms with Crippen molar-refractivity contribution in [2.24, 2.45) is 14.1 Å². The maximum Gasteiger partial charge on any atom is 0.328 e. The molecule has 6 nitrogen and oxygen atoms in total. The summed E-state index contributed by atoms with van der Waals surface area (Å²) in [4.78, 5) is 14.2. The highest BCUT2D eigenvalue weighted by Gasteiger charge is 2.21. The molecular weight excluding hydrogens is 314 g/mol. The minimum absolute atomic E-state index is 0.0252. The summed E-state index contributed by atoms with van der Waals surface area (Å²) in [6.07, 6.45) is 1.98. The highest BCUT2D eigenvalue weighted by atomic mass is 35.5. The Hall–Kier alpha value is -2.34. The van der Waals surface area contributed by atoms with Crippen molar-refractivity contribution in [1.82, 2.24) is 19.3 Å². The van der Waals surface area contributed by atoms with Gasteiger partial charge in [0.05, 0.1) is 11.0 Å². The molecule has 1 aliphatic heterocycles. The Bertz CT molecular complexity index is 974. The molecule has 3 aromatic rings. The Morgan fingerprint density at radius 1 is 1.09 bits per heavy atom. The third-order valence-electron chi connectivity index (χ3n) is 4.47. The summed E-state index contributed by atoms with van der Waals surface area (Å²) in [6.45, 7) is 0.871. The standard InChI is InChI=1S/C16H16ClN5O/c1-20-12-6-5-11(9-13(12)21(2)16(20)23)22-7-3-4-10-8-14(17)18-19-15(10)22/h5-6,8-9H,3-4,7H2,1-2H3. The van der Waals surface area contributed by atoms with Gasteiger partial charge in [0.2, 0.25) is 0 Å². The molecule has 0 N–H and O–H groups in total. The monoisotopic (exact) mass is 329 g/mol. The van der Waals surface area contributed by atoms with Gasteiger partial charge in [0.25, 0.3) is 0 Å². The number of halogens is 1. The molecule has 2 aromatic heterocycles. The van der Waals surface area contributed by atoms with Gasteiger partial charge < -0.3 is 4.90 Å². The average Bonchev–Trinajstić information content (AvgIpc) is 2.78. The van der Waals surface area contributed by atoms with Gasteiger partial charge in [0.1, 0.15) is 0 Å². The highest BCUT2D eigenvalue weighted by molar-refractivity contribution is 6.29. The zero-order valence-electron chi connectivity index (χ0n) is 13.0. The van der Waals surface area contributed by atoms with E-state index in [1.54, 1.807) is 23.2 Å². The van der Waals surface area contributed by atoms with Gasteiger partial charge in [0.15, 0.2) is 11.0 Å². The smallest absolute Gasteiger partial charge is 0.325 e. The predicted molar refractivity (Wildman–Crippen MR) is 90.5 cm³/mol. The van der Waals surface area contributed by atoms with Crippen LogP contribution in [0.2, 0.25) is 5.15 Å². The Labute approximate surface area is 137 Å². The zero-order chi connectivity index (χ0) is 16.1. The van der Waals surface area contributed by atoms with E-state index in [9.17, 15) is 4.79 Å². The Morgan fingerprint density at radius 2 is 1.87 bits per heavy atom. The van der Waals surface area contributed by atoms with E-state index in [2.05, 4.69) is 15.1 Å². The number of imidazole rings is 1. The molecule has 0 aliphatic carbocycles. The molecule has 3 heterocycles. The van der Waals surface area contributed by atoms with Crippen LogP contribution in [0.4, 0.5) is 11.5 Å². The van der Waals surface area contributed by atoms with E-state index in [1.807, 2.05) is 24.3 Å². The topological polar surface area (TPSA) is 56.0 Å². The molecule has 0 saturated heterocycles. The molecule has 1 aromatic carbocycles. The molecule has 1 aliphatic rings. The molecule has 0 radical (unpaired) electrons. The van der Waals surface area contributed by atoms with Crippen LogP contribution in [0.25, 0.3) is 11.0 Å². The second-order valence-electron chi connectivity index (χ2n) is 5.84. The number of hydrogen-bond acceptors (Lipinski definition) is 4. The van der Waals surface area contributed by atoms with Crippen LogP contribution in [0.1, 0.15) is 12.0 Å². The Kier molecular flexibility index (Phi) is 3.16. The van der Waals surface area contributed by atoms with Gasteiger partial charge in [-0.05, 0) is 37.1 Å². The largest absolute Gasteiger partial charge is 0.328 e. The van der Waals surface area contributed by atoms with Crippen molar-refractivity contribution >= 4 is 34.1 Å². The first-order valence-electron chi connectivity index (χ1n) is 7.51. The fraction of sp³-hybridized carbons (Fsp3) is 0.312. The van der Waals surface area contributed by atoms with Crippen molar-refractivity contribution in [2.75, 3.05) is 11.4 Å². The molecule has 0 fully saturated rings. The molecule has 0 saturated carbocycles. The number of aryl methyl sites for hydroxylation is 3. The summed E-state index contributed by atoms with van der Waals surface area (Å²) in [5, 5.41) is 8.68. The lowest BCUT2D eigenvalue weighted by Gasteiger charge is -2.29. The third-order valence-corrected chi connectivity index (χ3v) is 4.66. The van der Waals surface area contributed by atoms with E-state index in [-0.39, 0.29) is 5.69 Å². The highest BCUT2D eigenvalue weighted by Crippen LogP contribution is 2.33. The molecule has 0 spiro atoms. The fourth-order valence-corrected chi connectivity index (χ4v) is 3.43. The molecule has 0 bridgehead atoms. The number of fused-ring (bicyclic) bond motifs is 2. The predicted octanol–water partition coefficient (Wildman–Crippen LogP) is 2.40. The summed E-state index contributed by atoms with van der Waals surface area (Å²) < 4.78 is 3.32. The number of hydrogen-bond donors (Lipinski definition) is 0. The lowest BCUT2D eigenvalue weighted by Crippen LogP contribution is -2.26. The second kappa shape index (κ2) is 5.09. The summed E-state index contributed by atoms with van der Waals surface area (Å²) in [5.41, 5.74) is 3.92. The van der Waals surface area contributed by atoms with Gasteiger partial charge in [-0.1, -0.05) is 11.6 Å². The molecule has 23 heavy (non-hydrogen) atoms. The van der Waals surface area contributed by atoms with Crippen LogP contribution in [0, 0.1) is 0 Å². The fourth-order valence-electron chi connectivity index (χ4n) is 3.26. The summed E-state index contributed by atoms with van der Waals surface area (Å²) in [6, 6.07) is 7.91. The quantitative estimate of drug-likeness (QED) is 0.688. The SMILES string of the molecule is Cn1c(=O)n(C)c2cc(N3CCCc4cc(Cl)nnc43)ccc21. The maximum atomic E-state index is 12.1. The van der Waals surface area contributed by atoms with Gasteiger partial charge in [-0.25, -0.2) is 4.79 Å². The normalized spacial score (nSPS) is 14.3. The van der Waals surface area contributed by atoms with Gasteiger partial charge in [-0.15, -0.1) is 10.2 Å². The van der Waals surface area contributed by atoms with E-state index in [0.717, 1.165) is 47.5 Å². The molecular formula is C16H16ClN5O. The molecule has 0 unspecified atom stereocenters. The first-order chi connectivity index (χ1) is 11.1. The first-order valence-corrected chi connectivity index (χ1v) is 7.89. The Balaban J connectivity index is 1.88. The number of aromatic nitrogens is 4. The van der Waals surface area contributed by atoms with Crippen molar-refractivity contribution in [3.8, 4) is 0 Å². The van der Waals surface area contributed by atoms with Crippen LogP contribution in [0.3, 0.4) is 0 Å². The van der Waals surface area contributed by atoms with Crippen LogP contribution in [-0.2, 0) is 20.5 Å². The van der Waals surface area contributed by atoms with Crippen LogP contribution < -0.4 is 10.6 Å². The van der Waals surface area contributed by atoms with Crippen LogP contribution >= 0.6 is 11.6 Å². The molecule has 118 valence electrons. The molecule has 0 atom stereocenters. The lowest BCUT2D eigenvalue weighted by atomic mass is 10.1. The average molecular weight is 330 g/mol. The minimum atomic E-state index is -0.0252. The maximum absolute atomic E-state index is 12.1. The van der Waals surface area contributed by atoms with Crippen LogP contribution in [-0.4, -0.2) is 25.9 Å². The molecule has 0 amide bonds. The number of nitrogens with zero attached hydrogens (tertiary/aromatic N) is 5. The molecule has 7 heteroatoms. The van der Waals surface area contributed by atoms with Gasteiger partial charge in [0, 0.05) is 31.9 Å². The summed E-state index contributed by atoms with van der Waals surface area (Å²) >= 11 is 5.96. The lowest BCUT2D eigenvalue weighted by molar-refractivity contribution is 0.739. The first kappa shape index (κ1) is 14.3. The van der Waals surface area contributed by atoms with Crippen LogP contribution in [0.15, 0.2) is 29.1 Å². The Morgan fingerprint density at radius 3 is 2.70 bits per heavy atom. The number of rotatable bonds is 1. The van der Waals surface area contributed by atoms with Gasteiger partial charge >= 0.3 is 5.69 Å². The summed E-state index contributed by atoms with van der Waals surface area (Å²) in [7, 11) is 3.58. The van der Waals surface area contributed by atoms with E-state index in [4.69, 9.17) is 11.6 Å². The van der Waals surface area contributed by atoms with Crippen molar-refractivity contribution in [3.05, 3.63) is 45.5 Å². The zero-order valence-corrected chi connectivity index (χ0v) is 13.7. The minimum Gasteiger partial charge on any atom is -0.325 e. The van der Waals surface area contributed by atoms with Crippen molar-refractivity contribution < 1.29 is 0 Å². The third kappa shape index (κ3) is 2.13. The van der Waals surface area contributed by atoms with Crippen molar-refractivity contribution in [1.29, 1.82) is 0 Å². The van der Waals surface area contributed by atoms with Crippen LogP contribution in [0.5, 0.6) is 0 Å². The van der Waals surface area contributed by atoms with E-state index in [1.165, 1.54) is 0 Å². The van der Waals surface area contributed by atoms with Crippen molar-refractivity contribution in [2.45, 2.75) is 12.8 Å². The van der Waals surface area contributed by atoms with E-state index < -0.39 is 0 Å². The second-order valence-corrected chi connectivity index (χ2v) is 6.23. The molecule has 4 rings (SSSR count). The summed E-state index contributed by atoms with van der Waals surface area (Å²) in [5.74, 6) is 0.848.